The number of carbonyl (C=O) groups is 4. The van der Waals surface area contributed by atoms with E-state index in [1.54, 1.807) is 29.2 Å². The predicted molar refractivity (Wildman–Crippen MR) is 173 cm³/mol. The molecule has 5 rings (SSSR count). The maximum Gasteiger partial charge on any atom is 0.325 e. The number of carbonyl (C=O) groups excluding carboxylic acids is 4. The number of pyridine rings is 1. The number of rotatable bonds is 11. The number of benzene rings is 1. The van der Waals surface area contributed by atoms with Gasteiger partial charge in [-0.15, -0.1) is 0 Å². The molecule has 4 N–H and O–H groups in total. The van der Waals surface area contributed by atoms with Gasteiger partial charge in [-0.2, -0.15) is 0 Å². The lowest BCUT2D eigenvalue weighted by Gasteiger charge is -2.42. The van der Waals surface area contributed by atoms with Gasteiger partial charge in [0.1, 0.15) is 23.3 Å². The van der Waals surface area contributed by atoms with Crippen LogP contribution in [0.15, 0.2) is 41.3 Å². The molecule has 16 heteroatoms. The Labute approximate surface area is 275 Å². The Hall–Kier alpha value is -4.63. The fraction of sp³-hybridized carbons (Fsp3) is 0.452. The number of nitrogens with zero attached hydrogens (tertiary/aromatic N) is 6. The summed E-state index contributed by atoms with van der Waals surface area (Å²) in [6, 6.07) is 7.07. The Morgan fingerprint density at radius 2 is 1.81 bits per heavy atom. The maximum absolute atomic E-state index is 14.1. The highest BCUT2D eigenvalue weighted by molar-refractivity contribution is 6.30. The molecule has 2 aliphatic heterocycles. The summed E-state index contributed by atoms with van der Waals surface area (Å²) in [4.78, 5) is 78.5. The minimum absolute atomic E-state index is 0.0255. The molecule has 1 aromatic carbocycles. The van der Waals surface area contributed by atoms with E-state index in [1.165, 1.54) is 29.0 Å². The summed E-state index contributed by atoms with van der Waals surface area (Å²) in [7, 11) is 0. The molecule has 2 aromatic heterocycles. The molecule has 14 nitrogen and oxygen atoms in total. The number of urea groups is 1. The van der Waals surface area contributed by atoms with Gasteiger partial charge in [0.15, 0.2) is 11.5 Å². The molecule has 0 radical (unpaired) electrons. The zero-order valence-corrected chi connectivity index (χ0v) is 27.1. The smallest absolute Gasteiger partial charge is 0.325 e. The summed E-state index contributed by atoms with van der Waals surface area (Å²) in [5.41, 5.74) is 4.19. The van der Waals surface area contributed by atoms with Crippen molar-refractivity contribution in [3.8, 4) is 0 Å². The summed E-state index contributed by atoms with van der Waals surface area (Å²) < 4.78 is 15.2. The van der Waals surface area contributed by atoms with E-state index in [9.17, 15) is 28.4 Å². The van der Waals surface area contributed by atoms with E-state index in [0.717, 1.165) is 10.1 Å². The number of hydrogen-bond donors (Lipinski definition) is 3. The Kier molecular flexibility index (Phi) is 9.77. The SMILES string of the molecule is CC(C)[C@H](N)C(=O)NCCN1CCN(c2cnc3c(cc(C(=O)NCc4ccc(Cl)cc4)c(=O)n3CC(=O)N3CC(C)(F)C3)n2)C1=O. The lowest BCUT2D eigenvalue weighted by molar-refractivity contribution is -0.144. The largest absolute Gasteiger partial charge is 0.353 e. The van der Waals surface area contributed by atoms with Crippen LogP contribution in [0, 0.1) is 5.92 Å². The first-order chi connectivity index (χ1) is 22.2. The number of hydrogen-bond acceptors (Lipinski definition) is 8. The Bertz CT molecular complexity index is 1760. The van der Waals surface area contributed by atoms with Crippen molar-refractivity contribution < 1.29 is 23.6 Å². The number of aromatic nitrogens is 3. The van der Waals surface area contributed by atoms with E-state index in [-0.39, 0.29) is 79.7 Å². The third-order valence-corrected chi connectivity index (χ3v) is 8.40. The van der Waals surface area contributed by atoms with Crippen molar-refractivity contribution in [1.29, 1.82) is 0 Å². The van der Waals surface area contributed by atoms with Crippen molar-refractivity contribution in [3.05, 3.63) is 63.0 Å². The van der Waals surface area contributed by atoms with Crippen LogP contribution in [0.4, 0.5) is 15.0 Å². The van der Waals surface area contributed by atoms with Crippen LogP contribution in [0.25, 0.3) is 11.2 Å². The second kappa shape index (κ2) is 13.6. The Morgan fingerprint density at radius 1 is 1.11 bits per heavy atom. The lowest BCUT2D eigenvalue weighted by atomic mass is 9.99. The van der Waals surface area contributed by atoms with Crippen molar-refractivity contribution in [2.75, 3.05) is 44.2 Å². The first-order valence-electron chi connectivity index (χ1n) is 15.2. The summed E-state index contributed by atoms with van der Waals surface area (Å²) in [6.45, 7) is 5.57. The van der Waals surface area contributed by atoms with Crippen LogP contribution in [0.1, 0.15) is 36.7 Å². The molecule has 1 atom stereocenters. The van der Waals surface area contributed by atoms with Crippen molar-refractivity contribution in [2.45, 2.75) is 45.6 Å². The average molecular weight is 670 g/mol. The zero-order valence-electron chi connectivity index (χ0n) is 26.3. The number of halogens is 2. The highest BCUT2D eigenvalue weighted by atomic mass is 35.5. The quantitative estimate of drug-likeness (QED) is 0.274. The minimum atomic E-state index is -1.51. The van der Waals surface area contributed by atoms with E-state index in [4.69, 9.17) is 17.3 Å². The second-order valence-electron chi connectivity index (χ2n) is 12.3. The zero-order chi connectivity index (χ0) is 34.0. The molecule has 0 unspecified atom stereocenters. The normalized spacial score (nSPS) is 16.4. The molecule has 0 spiro atoms. The van der Waals surface area contributed by atoms with E-state index in [1.807, 2.05) is 13.8 Å². The molecule has 2 aliphatic rings. The number of fused-ring (bicyclic) bond motifs is 1. The lowest BCUT2D eigenvalue weighted by Crippen LogP contribution is -2.60. The average Bonchev–Trinajstić information content (AvgIpc) is 3.39. The molecule has 250 valence electrons. The highest BCUT2D eigenvalue weighted by Crippen LogP contribution is 2.25. The monoisotopic (exact) mass is 669 g/mol. The van der Waals surface area contributed by atoms with Crippen LogP contribution in [-0.4, -0.2) is 99.1 Å². The second-order valence-corrected chi connectivity index (χ2v) is 12.8. The molecule has 5 amide bonds. The predicted octanol–water partition coefficient (Wildman–Crippen LogP) is 1.29. The van der Waals surface area contributed by atoms with Crippen LogP contribution in [0.2, 0.25) is 5.02 Å². The molecule has 4 heterocycles. The van der Waals surface area contributed by atoms with Gasteiger partial charge in [-0.25, -0.2) is 19.2 Å². The molecular formula is C31H37ClFN9O5. The van der Waals surface area contributed by atoms with Crippen molar-refractivity contribution in [1.82, 2.24) is 35.0 Å². The highest BCUT2D eigenvalue weighted by Gasteiger charge is 2.41. The topological polar surface area (TPSA) is 176 Å². The van der Waals surface area contributed by atoms with E-state index < -0.39 is 35.6 Å². The van der Waals surface area contributed by atoms with Gasteiger partial charge in [0.2, 0.25) is 11.8 Å². The summed E-state index contributed by atoms with van der Waals surface area (Å²) in [5.74, 6) is -1.37. The molecule has 0 aliphatic carbocycles. The van der Waals surface area contributed by atoms with Crippen molar-refractivity contribution in [3.63, 3.8) is 0 Å². The summed E-state index contributed by atoms with van der Waals surface area (Å²) in [6.07, 6.45) is 1.32. The van der Waals surface area contributed by atoms with Crippen molar-refractivity contribution in [2.24, 2.45) is 11.7 Å². The number of nitrogens with two attached hydrogens (primary N) is 1. The maximum atomic E-state index is 14.1. The van der Waals surface area contributed by atoms with Crippen LogP contribution in [0.5, 0.6) is 0 Å². The van der Waals surface area contributed by atoms with E-state index >= 15 is 0 Å². The van der Waals surface area contributed by atoms with Crippen LogP contribution in [0.3, 0.4) is 0 Å². The van der Waals surface area contributed by atoms with E-state index in [0.29, 0.717) is 11.6 Å². The molecule has 3 aromatic rings. The molecule has 0 saturated carbocycles. The van der Waals surface area contributed by atoms with Crippen molar-refractivity contribution >= 4 is 52.3 Å². The number of anilines is 1. The number of amides is 5. The number of nitrogens with one attached hydrogen (secondary N) is 2. The van der Waals surface area contributed by atoms with Gasteiger partial charge >= 0.3 is 6.03 Å². The van der Waals surface area contributed by atoms with Crippen LogP contribution in [-0.2, 0) is 22.7 Å². The molecule has 2 fully saturated rings. The van der Waals surface area contributed by atoms with Gasteiger partial charge in [0.25, 0.3) is 11.5 Å². The third kappa shape index (κ3) is 7.52. The van der Waals surface area contributed by atoms with Gasteiger partial charge < -0.3 is 26.2 Å². The Morgan fingerprint density at radius 3 is 2.47 bits per heavy atom. The summed E-state index contributed by atoms with van der Waals surface area (Å²) in [5, 5.41) is 5.98. The van der Waals surface area contributed by atoms with Crippen LogP contribution < -0.4 is 26.8 Å². The molecular weight excluding hydrogens is 633 g/mol. The standard InChI is InChI=1S/C31H37ClFN9O5/c1-18(2)25(34)28(45)35-8-9-39-10-11-41(30(39)47)23-14-36-26-22(38-23)12-21(27(44)37-13-19-4-6-20(32)7-5-19)29(46)42(26)15-24(43)40-16-31(3,33)17-40/h4-7,12,14,18,25H,8-11,13,15-17,34H2,1-3H3,(H,35,45)(H,37,44)/t25-/m0/s1. The third-order valence-electron chi connectivity index (χ3n) is 8.15. The summed E-state index contributed by atoms with van der Waals surface area (Å²) >= 11 is 5.95. The fourth-order valence-electron chi connectivity index (χ4n) is 5.35. The molecule has 2 saturated heterocycles. The van der Waals surface area contributed by atoms with Gasteiger partial charge in [0, 0.05) is 37.7 Å². The van der Waals surface area contributed by atoms with Gasteiger partial charge in [-0.05, 0) is 36.6 Å². The van der Waals surface area contributed by atoms with Gasteiger partial charge in [-0.1, -0.05) is 37.6 Å². The van der Waals surface area contributed by atoms with Gasteiger partial charge in [-0.3, -0.25) is 28.6 Å². The molecule has 0 bridgehead atoms. The van der Waals surface area contributed by atoms with Crippen LogP contribution >= 0.6 is 11.6 Å². The fourth-order valence-corrected chi connectivity index (χ4v) is 5.48. The first kappa shape index (κ1) is 33.7. The minimum Gasteiger partial charge on any atom is -0.353 e. The number of likely N-dealkylation sites (tertiary alicyclic amines) is 1. The molecule has 47 heavy (non-hydrogen) atoms. The Balaban J connectivity index is 1.38. The first-order valence-corrected chi connectivity index (χ1v) is 15.6. The van der Waals surface area contributed by atoms with Gasteiger partial charge in [0.05, 0.1) is 25.3 Å². The van der Waals surface area contributed by atoms with E-state index in [2.05, 4.69) is 20.6 Å². The number of alkyl halides is 1.